The largest absolute Gasteiger partial charge is 0.486 e. The molecule has 2 heterocycles. The summed E-state index contributed by atoms with van der Waals surface area (Å²) in [4.78, 5) is 29.7. The Hall–Kier alpha value is -4.13. The Balaban J connectivity index is 1.53. The third-order valence-electron chi connectivity index (χ3n) is 4.77. The number of nitrogens with one attached hydrogen (secondary N) is 1. The highest BCUT2D eigenvalue weighted by molar-refractivity contribution is 6.08. The van der Waals surface area contributed by atoms with Crippen molar-refractivity contribution in [1.82, 2.24) is 4.98 Å². The molecule has 2 aromatic heterocycles. The number of carbonyl (C=O) groups excluding carboxylic acids is 2. The number of carbonyl (C=O) groups is 2. The van der Waals surface area contributed by atoms with Crippen LogP contribution < -0.4 is 10.1 Å². The molecule has 0 spiro atoms. The van der Waals surface area contributed by atoms with Gasteiger partial charge in [-0.2, -0.15) is 0 Å². The summed E-state index contributed by atoms with van der Waals surface area (Å²) in [5.41, 5.74) is 2.30. The van der Waals surface area contributed by atoms with Crippen molar-refractivity contribution in [3.8, 4) is 5.75 Å². The molecule has 0 saturated carbocycles. The molecular weight excluding hydrogens is 420 g/mol. The van der Waals surface area contributed by atoms with Crippen LogP contribution in [0.25, 0.3) is 10.9 Å². The molecule has 4 aromatic rings. The number of furan rings is 1. The second-order valence-corrected chi connectivity index (χ2v) is 7.82. The van der Waals surface area contributed by atoms with E-state index >= 15 is 0 Å². The van der Waals surface area contributed by atoms with Gasteiger partial charge in [0, 0.05) is 11.1 Å². The van der Waals surface area contributed by atoms with Crippen molar-refractivity contribution in [2.75, 3.05) is 5.32 Å². The van der Waals surface area contributed by atoms with Crippen molar-refractivity contribution in [2.24, 2.45) is 0 Å². The van der Waals surface area contributed by atoms with Gasteiger partial charge in [-0.1, -0.05) is 18.2 Å². The third-order valence-corrected chi connectivity index (χ3v) is 4.77. The lowest BCUT2D eigenvalue weighted by atomic mass is 10.1. The van der Waals surface area contributed by atoms with E-state index in [2.05, 4.69) is 10.3 Å². The van der Waals surface area contributed by atoms with Crippen molar-refractivity contribution < 1.29 is 23.5 Å². The monoisotopic (exact) mass is 444 g/mol. The van der Waals surface area contributed by atoms with Crippen molar-refractivity contribution in [3.63, 3.8) is 0 Å². The van der Waals surface area contributed by atoms with Crippen LogP contribution in [0, 0.1) is 6.92 Å². The summed E-state index contributed by atoms with van der Waals surface area (Å²) in [6.07, 6.45) is -0.234. The van der Waals surface area contributed by atoms with Crippen LogP contribution in [0.15, 0.2) is 71.1 Å². The summed E-state index contributed by atoms with van der Waals surface area (Å²) in [6.45, 7) is 5.62. The summed E-state index contributed by atoms with van der Waals surface area (Å²) in [7, 11) is 0. The van der Waals surface area contributed by atoms with Gasteiger partial charge in [-0.25, -0.2) is 4.79 Å². The Labute approximate surface area is 191 Å². The second-order valence-electron chi connectivity index (χ2n) is 7.82. The molecule has 0 unspecified atom stereocenters. The molecule has 0 atom stereocenters. The number of ether oxygens (including phenoxy) is 2. The third kappa shape index (κ3) is 5.38. The van der Waals surface area contributed by atoms with Gasteiger partial charge in [0.2, 0.25) is 0 Å². The molecule has 0 saturated heterocycles. The zero-order valence-electron chi connectivity index (χ0n) is 18.6. The Morgan fingerprint density at radius 1 is 1.03 bits per heavy atom. The number of aromatic nitrogens is 1. The fourth-order valence-electron chi connectivity index (χ4n) is 3.30. The summed E-state index contributed by atoms with van der Waals surface area (Å²) in [5.74, 6) is 0.547. The predicted molar refractivity (Wildman–Crippen MR) is 124 cm³/mol. The van der Waals surface area contributed by atoms with Crippen LogP contribution in [0.4, 0.5) is 5.69 Å². The zero-order valence-corrected chi connectivity index (χ0v) is 18.6. The van der Waals surface area contributed by atoms with Gasteiger partial charge in [0.25, 0.3) is 5.91 Å². The molecule has 7 nitrogen and oxygen atoms in total. The second kappa shape index (κ2) is 9.56. The van der Waals surface area contributed by atoms with Crippen LogP contribution in [-0.4, -0.2) is 23.0 Å². The topological polar surface area (TPSA) is 90.7 Å². The quantitative estimate of drug-likeness (QED) is 0.377. The van der Waals surface area contributed by atoms with Crippen molar-refractivity contribution in [1.29, 1.82) is 0 Å². The number of anilines is 1. The number of benzene rings is 2. The molecule has 1 amide bonds. The zero-order chi connectivity index (χ0) is 23.4. The molecule has 0 aliphatic rings. The highest BCUT2D eigenvalue weighted by Crippen LogP contribution is 2.26. The SMILES string of the molecule is Cc1cc(NC(=O)c2ccc(COc3ccccc3)o2)c2cc(C(=O)OC(C)C)ccc2n1. The number of fused-ring (bicyclic) bond motifs is 1. The van der Waals surface area contributed by atoms with Crippen LogP contribution in [0.5, 0.6) is 5.75 Å². The lowest BCUT2D eigenvalue weighted by molar-refractivity contribution is 0.0378. The van der Waals surface area contributed by atoms with E-state index in [1.807, 2.05) is 37.3 Å². The lowest BCUT2D eigenvalue weighted by Gasteiger charge is -2.11. The number of amides is 1. The van der Waals surface area contributed by atoms with Gasteiger partial charge in [-0.15, -0.1) is 0 Å². The minimum atomic E-state index is -0.432. The molecule has 4 rings (SSSR count). The maximum Gasteiger partial charge on any atom is 0.338 e. The molecule has 1 N–H and O–H groups in total. The number of aryl methyl sites for hydroxylation is 1. The van der Waals surface area contributed by atoms with Crippen LogP contribution in [-0.2, 0) is 11.3 Å². The average Bonchev–Trinajstić information content (AvgIpc) is 3.27. The molecule has 33 heavy (non-hydrogen) atoms. The fraction of sp³-hybridized carbons (Fsp3) is 0.192. The number of hydrogen-bond donors (Lipinski definition) is 1. The normalized spacial score (nSPS) is 10.9. The first-order valence-corrected chi connectivity index (χ1v) is 10.6. The average molecular weight is 444 g/mol. The number of rotatable bonds is 7. The smallest absolute Gasteiger partial charge is 0.338 e. The molecule has 0 bridgehead atoms. The molecule has 2 aromatic carbocycles. The Morgan fingerprint density at radius 3 is 2.58 bits per heavy atom. The van der Waals surface area contributed by atoms with Crippen molar-refractivity contribution >= 4 is 28.5 Å². The van der Waals surface area contributed by atoms with Gasteiger partial charge in [-0.05, 0) is 69.3 Å². The fourth-order valence-corrected chi connectivity index (χ4v) is 3.30. The Bertz CT molecular complexity index is 1290. The van der Waals surface area contributed by atoms with Gasteiger partial charge in [0.1, 0.15) is 18.1 Å². The molecule has 0 radical (unpaired) electrons. The molecular formula is C26H24N2O5. The number of hydrogen-bond acceptors (Lipinski definition) is 6. The number of pyridine rings is 1. The van der Waals surface area contributed by atoms with E-state index in [4.69, 9.17) is 13.9 Å². The highest BCUT2D eigenvalue weighted by Gasteiger charge is 2.16. The van der Waals surface area contributed by atoms with Gasteiger partial charge in [0.05, 0.1) is 22.9 Å². The first-order valence-electron chi connectivity index (χ1n) is 10.6. The summed E-state index contributed by atoms with van der Waals surface area (Å²) in [5, 5.41) is 3.50. The van der Waals surface area contributed by atoms with Gasteiger partial charge in [0.15, 0.2) is 5.76 Å². The van der Waals surface area contributed by atoms with E-state index in [0.717, 1.165) is 5.69 Å². The minimum Gasteiger partial charge on any atom is -0.486 e. The van der Waals surface area contributed by atoms with Crippen LogP contribution in [0.2, 0.25) is 0 Å². The Morgan fingerprint density at radius 2 is 1.82 bits per heavy atom. The van der Waals surface area contributed by atoms with Crippen molar-refractivity contribution in [2.45, 2.75) is 33.5 Å². The molecule has 0 fully saturated rings. The molecule has 0 aliphatic carbocycles. The number of esters is 1. The molecule has 0 aliphatic heterocycles. The number of para-hydroxylation sites is 1. The van der Waals surface area contributed by atoms with E-state index < -0.39 is 11.9 Å². The summed E-state index contributed by atoms with van der Waals surface area (Å²) >= 11 is 0. The first-order chi connectivity index (χ1) is 15.9. The van der Waals surface area contributed by atoms with E-state index in [1.54, 1.807) is 50.2 Å². The van der Waals surface area contributed by atoms with Crippen molar-refractivity contribution in [3.05, 3.63) is 89.5 Å². The van der Waals surface area contributed by atoms with Gasteiger partial charge >= 0.3 is 5.97 Å². The highest BCUT2D eigenvalue weighted by atomic mass is 16.5. The lowest BCUT2D eigenvalue weighted by Crippen LogP contribution is -2.13. The Kier molecular flexibility index (Phi) is 6.40. The van der Waals surface area contributed by atoms with E-state index in [-0.39, 0.29) is 18.5 Å². The molecule has 168 valence electrons. The van der Waals surface area contributed by atoms with Gasteiger partial charge in [-0.3, -0.25) is 9.78 Å². The maximum absolute atomic E-state index is 12.9. The standard InChI is InChI=1S/C26H24N2O5/c1-16(2)32-26(30)18-9-11-22-21(14-18)23(13-17(3)27-22)28-25(29)24-12-10-20(33-24)15-31-19-7-5-4-6-8-19/h4-14,16H,15H2,1-3H3,(H,27,28,29). The van der Waals surface area contributed by atoms with E-state index in [9.17, 15) is 9.59 Å². The first kappa shape index (κ1) is 22.1. The summed E-state index contributed by atoms with van der Waals surface area (Å²) < 4.78 is 16.6. The van der Waals surface area contributed by atoms with E-state index in [1.165, 1.54) is 0 Å². The predicted octanol–water partition coefficient (Wildman–Crippen LogP) is 5.53. The van der Waals surface area contributed by atoms with Gasteiger partial charge < -0.3 is 19.2 Å². The maximum atomic E-state index is 12.9. The van der Waals surface area contributed by atoms with Crippen LogP contribution in [0.1, 0.15) is 46.2 Å². The summed E-state index contributed by atoms with van der Waals surface area (Å²) in [6, 6.07) is 19.5. The molecule has 7 heteroatoms. The number of nitrogens with zero attached hydrogens (tertiary/aromatic N) is 1. The van der Waals surface area contributed by atoms with E-state index in [0.29, 0.717) is 33.7 Å². The minimum absolute atomic E-state index is 0.152. The van der Waals surface area contributed by atoms with Crippen LogP contribution in [0.3, 0.4) is 0 Å². The van der Waals surface area contributed by atoms with Crippen LogP contribution >= 0.6 is 0 Å².